The van der Waals surface area contributed by atoms with Crippen LogP contribution in [-0.4, -0.2) is 43.0 Å². The molecule has 1 unspecified atom stereocenters. The van der Waals surface area contributed by atoms with Crippen molar-refractivity contribution in [3.8, 4) is 5.75 Å². The highest BCUT2D eigenvalue weighted by Crippen LogP contribution is 2.26. The van der Waals surface area contributed by atoms with Crippen molar-refractivity contribution in [1.82, 2.24) is 9.80 Å². The molecule has 0 fully saturated rings. The number of benzene rings is 3. The maximum atomic E-state index is 13.1. The van der Waals surface area contributed by atoms with Crippen LogP contribution < -0.4 is 14.5 Å². The molecule has 7 nitrogen and oxygen atoms in total. The topological polar surface area (TPSA) is 92.7 Å². The highest BCUT2D eigenvalue weighted by atomic mass is 35.5. The molecular weight excluding hydrogens is 515 g/mol. The molecule has 0 aliphatic carbocycles. The molecular formula is C28H29Cl2N2O5+. The highest BCUT2D eigenvalue weighted by molar-refractivity contribution is 6.35. The minimum absolute atomic E-state index is 0.0372. The van der Waals surface area contributed by atoms with Gasteiger partial charge in [-0.1, -0.05) is 59.6 Å². The van der Waals surface area contributed by atoms with Gasteiger partial charge in [0, 0.05) is 22.0 Å². The summed E-state index contributed by atoms with van der Waals surface area (Å²) in [7, 11) is 3.39. The van der Waals surface area contributed by atoms with Crippen LogP contribution in [-0.2, 0) is 27.4 Å². The maximum Gasteiger partial charge on any atom is 0.330 e. The monoisotopic (exact) mass is 543 g/mol. The second-order valence-electron chi connectivity index (χ2n) is 9.09. The van der Waals surface area contributed by atoms with Crippen LogP contribution in [0, 0.1) is 5.92 Å². The zero-order chi connectivity index (χ0) is 27.2. The third kappa shape index (κ3) is 7.10. The van der Waals surface area contributed by atoms with Gasteiger partial charge < -0.3 is 15.2 Å². The van der Waals surface area contributed by atoms with Crippen LogP contribution in [0.4, 0.5) is 5.69 Å². The second kappa shape index (κ2) is 12.2. The van der Waals surface area contributed by atoms with Gasteiger partial charge in [-0.25, -0.2) is 14.1 Å². The lowest BCUT2D eigenvalue weighted by Crippen LogP contribution is -2.54. The number of amides is 2. The number of carbonyl (C=O) groups is 3. The fourth-order valence-corrected chi connectivity index (χ4v) is 4.31. The summed E-state index contributed by atoms with van der Waals surface area (Å²) in [5, 5.41) is 13.2. The molecule has 0 heterocycles. The van der Waals surface area contributed by atoms with Gasteiger partial charge in [0.25, 0.3) is 0 Å². The standard InChI is InChI=1S/C28H28Cl2N2O5/c1-18(27(34)32(2,3)20-8-5-4-6-9-20)26(33)31-25(28(35)36)16-19-12-14-21(15-13-19)37-17-22-23(29)10-7-11-24(22)30/h4-15,18,25H,16-17H2,1-3H3,(H-,31,33,35,36)/p+1/t18?,25-/m0/s1. The number of nitrogens with zero attached hydrogens (tertiary/aromatic N) is 1. The van der Waals surface area contributed by atoms with E-state index < -0.39 is 23.8 Å². The van der Waals surface area contributed by atoms with Crippen molar-refractivity contribution >= 4 is 46.7 Å². The third-order valence-electron chi connectivity index (χ3n) is 6.14. The van der Waals surface area contributed by atoms with Crippen molar-refractivity contribution < 1.29 is 24.2 Å². The Kier molecular flexibility index (Phi) is 9.32. The lowest BCUT2D eigenvalue weighted by molar-refractivity contribution is -0.145. The predicted octanol–water partition coefficient (Wildman–Crippen LogP) is 5.11. The molecule has 2 N–H and O–H groups in total. The van der Waals surface area contributed by atoms with E-state index in [0.717, 1.165) is 5.69 Å². The molecule has 0 spiro atoms. The van der Waals surface area contributed by atoms with Crippen LogP contribution in [0.5, 0.6) is 5.75 Å². The van der Waals surface area contributed by atoms with Crippen molar-refractivity contribution in [2.75, 3.05) is 14.1 Å². The molecule has 194 valence electrons. The van der Waals surface area contributed by atoms with Crippen molar-refractivity contribution in [1.29, 1.82) is 0 Å². The van der Waals surface area contributed by atoms with Crippen molar-refractivity contribution in [2.24, 2.45) is 5.92 Å². The van der Waals surface area contributed by atoms with Crippen molar-refractivity contribution in [3.63, 3.8) is 0 Å². The minimum Gasteiger partial charge on any atom is -0.489 e. The zero-order valence-corrected chi connectivity index (χ0v) is 22.3. The average Bonchev–Trinajstić information content (AvgIpc) is 2.88. The van der Waals surface area contributed by atoms with E-state index in [2.05, 4.69) is 5.32 Å². The first kappa shape index (κ1) is 28.2. The SMILES string of the molecule is CC(C(=O)N[C@@H](Cc1ccc(OCc2c(Cl)cccc2Cl)cc1)C(=O)O)C(=O)[N+](C)(C)c1ccccc1. The zero-order valence-electron chi connectivity index (χ0n) is 20.8. The Morgan fingerprint density at radius 1 is 0.919 bits per heavy atom. The van der Waals surface area contributed by atoms with E-state index in [1.54, 1.807) is 68.7 Å². The van der Waals surface area contributed by atoms with Gasteiger partial charge in [-0.05, 0) is 48.9 Å². The van der Waals surface area contributed by atoms with Crippen LogP contribution in [0.1, 0.15) is 18.1 Å². The van der Waals surface area contributed by atoms with Gasteiger partial charge in [-0.2, -0.15) is 0 Å². The molecule has 0 aliphatic heterocycles. The number of hydrogen-bond donors (Lipinski definition) is 2. The number of para-hydroxylation sites is 1. The van der Waals surface area contributed by atoms with Crippen LogP contribution in [0.3, 0.4) is 0 Å². The van der Waals surface area contributed by atoms with E-state index in [-0.39, 0.29) is 23.4 Å². The van der Waals surface area contributed by atoms with Gasteiger partial charge >= 0.3 is 11.9 Å². The van der Waals surface area contributed by atoms with Crippen LogP contribution >= 0.6 is 23.2 Å². The molecule has 2 atom stereocenters. The van der Waals surface area contributed by atoms with Crippen molar-refractivity contribution in [3.05, 3.63) is 94.0 Å². The number of aliphatic carboxylic acids is 1. The number of carboxylic acids is 1. The first-order chi connectivity index (χ1) is 17.5. The fourth-order valence-electron chi connectivity index (χ4n) is 3.80. The maximum absolute atomic E-state index is 13.1. The molecule has 0 saturated carbocycles. The summed E-state index contributed by atoms with van der Waals surface area (Å²) in [6.45, 7) is 1.66. The Bertz CT molecular complexity index is 1240. The van der Waals surface area contributed by atoms with E-state index in [1.807, 2.05) is 18.2 Å². The van der Waals surface area contributed by atoms with E-state index in [4.69, 9.17) is 27.9 Å². The second-order valence-corrected chi connectivity index (χ2v) is 9.90. The van der Waals surface area contributed by atoms with Crippen LogP contribution in [0.25, 0.3) is 0 Å². The molecule has 3 rings (SSSR count). The molecule has 2 amide bonds. The van der Waals surface area contributed by atoms with Gasteiger partial charge in [-0.3, -0.25) is 4.79 Å². The summed E-state index contributed by atoms with van der Waals surface area (Å²) in [6, 6.07) is 19.9. The first-order valence-electron chi connectivity index (χ1n) is 11.6. The highest BCUT2D eigenvalue weighted by Gasteiger charge is 2.38. The molecule has 0 saturated heterocycles. The average molecular weight is 544 g/mol. The number of halogens is 2. The Hall–Kier alpha value is -3.39. The smallest absolute Gasteiger partial charge is 0.330 e. The van der Waals surface area contributed by atoms with Gasteiger partial charge in [-0.15, -0.1) is 0 Å². The van der Waals surface area contributed by atoms with Crippen LogP contribution in [0.15, 0.2) is 72.8 Å². The summed E-state index contributed by atoms with van der Waals surface area (Å²) in [5.74, 6) is -2.69. The number of carboxylic acid groups (broad SMARTS) is 1. The predicted molar refractivity (Wildman–Crippen MR) is 145 cm³/mol. The lowest BCUT2D eigenvalue weighted by Gasteiger charge is -2.29. The quantitative estimate of drug-likeness (QED) is 0.273. The largest absolute Gasteiger partial charge is 0.489 e. The van der Waals surface area contributed by atoms with E-state index in [0.29, 0.717) is 26.9 Å². The third-order valence-corrected chi connectivity index (χ3v) is 6.85. The lowest BCUT2D eigenvalue weighted by atomic mass is 10.0. The van der Waals surface area contributed by atoms with E-state index in [9.17, 15) is 19.5 Å². The minimum atomic E-state index is -1.20. The number of hydrogen-bond acceptors (Lipinski definition) is 4. The fraction of sp³-hybridized carbons (Fsp3) is 0.250. The number of carbonyl (C=O) groups excluding carboxylic acids is 2. The first-order valence-corrected chi connectivity index (χ1v) is 12.4. The van der Waals surface area contributed by atoms with Gasteiger partial charge in [0.05, 0.1) is 14.1 Å². The molecule has 37 heavy (non-hydrogen) atoms. The molecule has 0 radical (unpaired) electrons. The summed E-state index contributed by atoms with van der Waals surface area (Å²) >= 11 is 12.3. The molecule has 3 aromatic rings. The molecule has 0 aliphatic rings. The summed E-state index contributed by atoms with van der Waals surface area (Å²) in [4.78, 5) is 37.8. The van der Waals surface area contributed by atoms with Crippen LogP contribution in [0.2, 0.25) is 10.0 Å². The van der Waals surface area contributed by atoms with Crippen molar-refractivity contribution in [2.45, 2.75) is 26.0 Å². The molecule has 0 aromatic heterocycles. The number of ether oxygens (including phenoxy) is 1. The molecule has 3 aromatic carbocycles. The Labute approximate surface area is 226 Å². The molecule has 9 heteroatoms. The Morgan fingerprint density at radius 3 is 2.08 bits per heavy atom. The molecule has 0 bridgehead atoms. The summed E-state index contributed by atoms with van der Waals surface area (Å²) < 4.78 is 5.61. The number of quaternary nitrogens is 1. The summed E-state index contributed by atoms with van der Waals surface area (Å²) in [6.07, 6.45) is 0.0372. The van der Waals surface area contributed by atoms with Gasteiger partial charge in [0.1, 0.15) is 24.1 Å². The van der Waals surface area contributed by atoms with E-state index >= 15 is 0 Å². The normalized spacial score (nSPS) is 12.9. The summed E-state index contributed by atoms with van der Waals surface area (Å²) in [5.41, 5.74) is 2.07. The van der Waals surface area contributed by atoms with E-state index in [1.165, 1.54) is 6.92 Å². The Balaban J connectivity index is 1.62. The number of nitrogens with one attached hydrogen (secondary N) is 1. The number of rotatable bonds is 10. The van der Waals surface area contributed by atoms with Gasteiger partial charge in [0.2, 0.25) is 5.91 Å². The van der Waals surface area contributed by atoms with Gasteiger partial charge in [0.15, 0.2) is 5.92 Å². The Morgan fingerprint density at radius 2 is 1.51 bits per heavy atom.